The van der Waals surface area contributed by atoms with Gasteiger partial charge in [0.1, 0.15) is 19.0 Å². The number of fused-ring (bicyclic) bond motifs is 1. The number of anilines is 1. The minimum atomic E-state index is -0.763. The Labute approximate surface area is 176 Å². The summed E-state index contributed by atoms with van der Waals surface area (Å²) in [6, 6.07) is 14.2. The van der Waals surface area contributed by atoms with Crippen molar-refractivity contribution in [1.82, 2.24) is 0 Å². The Morgan fingerprint density at radius 1 is 1.03 bits per heavy atom. The molecule has 0 bridgehead atoms. The topological polar surface area (TPSA) is 65.1 Å². The van der Waals surface area contributed by atoms with Gasteiger partial charge in [-0.1, -0.05) is 12.1 Å². The minimum absolute atomic E-state index is 0.0481. The van der Waals surface area contributed by atoms with Crippen LogP contribution in [0.1, 0.15) is 15.2 Å². The maximum atomic E-state index is 13.3. The summed E-state index contributed by atoms with van der Waals surface area (Å²) >= 11 is 1.52. The Hall–Kier alpha value is -3.39. The van der Waals surface area contributed by atoms with Crippen molar-refractivity contribution in [3.05, 3.63) is 76.2 Å². The van der Waals surface area contributed by atoms with Gasteiger partial charge in [0, 0.05) is 16.6 Å². The SMILES string of the molecule is O=C(OCC(=O)N(Cc1cccs1)c1ccc2c(c1)OCCO2)c1cccc(F)c1. The number of carbonyl (C=O) groups excluding carboxylic acids is 2. The molecule has 0 saturated carbocycles. The number of halogens is 1. The Morgan fingerprint density at radius 3 is 2.63 bits per heavy atom. The van der Waals surface area contributed by atoms with Crippen molar-refractivity contribution in [1.29, 1.82) is 0 Å². The lowest BCUT2D eigenvalue weighted by Crippen LogP contribution is -2.34. The zero-order valence-electron chi connectivity index (χ0n) is 15.9. The Morgan fingerprint density at radius 2 is 1.87 bits per heavy atom. The van der Waals surface area contributed by atoms with E-state index in [-0.39, 0.29) is 5.56 Å². The molecular weight excluding hydrogens is 409 g/mol. The molecule has 0 N–H and O–H groups in total. The molecule has 0 saturated heterocycles. The van der Waals surface area contributed by atoms with Crippen LogP contribution in [0.25, 0.3) is 0 Å². The third kappa shape index (κ3) is 4.60. The van der Waals surface area contributed by atoms with Gasteiger partial charge in [-0.2, -0.15) is 0 Å². The van der Waals surface area contributed by atoms with E-state index < -0.39 is 24.3 Å². The fraction of sp³-hybridized carbons (Fsp3) is 0.182. The lowest BCUT2D eigenvalue weighted by atomic mass is 10.2. The van der Waals surface area contributed by atoms with Crippen LogP contribution in [0, 0.1) is 5.82 Å². The van der Waals surface area contributed by atoms with Crippen LogP contribution in [-0.4, -0.2) is 31.7 Å². The smallest absolute Gasteiger partial charge is 0.338 e. The number of ether oxygens (including phenoxy) is 3. The summed E-state index contributed by atoms with van der Waals surface area (Å²) in [5.74, 6) is -0.553. The normalized spacial score (nSPS) is 12.3. The Bertz CT molecular complexity index is 1050. The summed E-state index contributed by atoms with van der Waals surface area (Å²) in [5, 5.41) is 1.92. The predicted molar refractivity (Wildman–Crippen MR) is 110 cm³/mol. The lowest BCUT2D eigenvalue weighted by molar-refractivity contribution is -0.121. The van der Waals surface area contributed by atoms with Crippen molar-refractivity contribution in [2.45, 2.75) is 6.54 Å². The number of carbonyl (C=O) groups is 2. The van der Waals surface area contributed by atoms with Crippen LogP contribution in [0.4, 0.5) is 10.1 Å². The summed E-state index contributed by atoms with van der Waals surface area (Å²) in [6.45, 7) is 0.740. The van der Waals surface area contributed by atoms with Crippen molar-refractivity contribution >= 4 is 28.9 Å². The second-order valence-electron chi connectivity index (χ2n) is 6.47. The molecule has 154 valence electrons. The molecule has 0 fully saturated rings. The van der Waals surface area contributed by atoms with Crippen molar-refractivity contribution in [2.24, 2.45) is 0 Å². The fourth-order valence-corrected chi connectivity index (χ4v) is 3.68. The van der Waals surface area contributed by atoms with Gasteiger partial charge >= 0.3 is 5.97 Å². The molecule has 8 heteroatoms. The molecule has 2 aromatic carbocycles. The van der Waals surface area contributed by atoms with Crippen molar-refractivity contribution in [2.75, 3.05) is 24.7 Å². The molecule has 0 atom stereocenters. The molecule has 0 radical (unpaired) electrons. The van der Waals surface area contributed by atoms with Crippen molar-refractivity contribution < 1.29 is 28.2 Å². The van der Waals surface area contributed by atoms with E-state index in [1.165, 1.54) is 34.4 Å². The van der Waals surface area contributed by atoms with Crippen LogP contribution in [-0.2, 0) is 16.1 Å². The van der Waals surface area contributed by atoms with E-state index in [2.05, 4.69) is 0 Å². The van der Waals surface area contributed by atoms with Gasteiger partial charge in [0.2, 0.25) is 0 Å². The Balaban J connectivity index is 1.52. The molecule has 4 rings (SSSR count). The summed E-state index contributed by atoms with van der Waals surface area (Å²) in [6.07, 6.45) is 0. The second kappa shape index (κ2) is 8.96. The zero-order chi connectivity index (χ0) is 20.9. The molecule has 6 nitrogen and oxygen atoms in total. The van der Waals surface area contributed by atoms with Gasteiger partial charge < -0.3 is 19.1 Å². The van der Waals surface area contributed by atoms with Crippen LogP contribution in [0.15, 0.2) is 60.0 Å². The maximum Gasteiger partial charge on any atom is 0.338 e. The summed E-state index contributed by atoms with van der Waals surface area (Å²) in [7, 11) is 0. The number of amides is 1. The van der Waals surface area contributed by atoms with Crippen LogP contribution < -0.4 is 14.4 Å². The first-order chi connectivity index (χ1) is 14.6. The van der Waals surface area contributed by atoms with E-state index in [4.69, 9.17) is 14.2 Å². The van der Waals surface area contributed by atoms with E-state index in [1.807, 2.05) is 17.5 Å². The number of hydrogen-bond acceptors (Lipinski definition) is 6. The molecule has 0 unspecified atom stereocenters. The van der Waals surface area contributed by atoms with Crippen molar-refractivity contribution in [3.63, 3.8) is 0 Å². The Kier molecular flexibility index (Phi) is 5.94. The van der Waals surface area contributed by atoms with Gasteiger partial charge in [0.15, 0.2) is 18.1 Å². The van der Waals surface area contributed by atoms with Gasteiger partial charge in [-0.15, -0.1) is 11.3 Å². The lowest BCUT2D eigenvalue weighted by Gasteiger charge is -2.25. The molecule has 30 heavy (non-hydrogen) atoms. The van der Waals surface area contributed by atoms with Gasteiger partial charge in [0.05, 0.1) is 12.1 Å². The van der Waals surface area contributed by atoms with Gasteiger partial charge in [-0.05, 0) is 41.8 Å². The van der Waals surface area contributed by atoms with Crippen LogP contribution >= 0.6 is 11.3 Å². The molecule has 1 aliphatic rings. The molecule has 0 spiro atoms. The quantitative estimate of drug-likeness (QED) is 0.556. The summed E-state index contributed by atoms with van der Waals surface area (Å²) in [5.41, 5.74) is 0.645. The van der Waals surface area contributed by atoms with E-state index in [1.54, 1.807) is 18.2 Å². The van der Waals surface area contributed by atoms with E-state index in [0.29, 0.717) is 36.9 Å². The first-order valence-electron chi connectivity index (χ1n) is 9.25. The van der Waals surface area contributed by atoms with Crippen LogP contribution in [0.5, 0.6) is 11.5 Å². The molecule has 1 aliphatic heterocycles. The van der Waals surface area contributed by atoms with E-state index in [9.17, 15) is 14.0 Å². The fourth-order valence-electron chi connectivity index (χ4n) is 2.99. The van der Waals surface area contributed by atoms with Crippen LogP contribution in [0.3, 0.4) is 0 Å². The number of benzene rings is 2. The third-order valence-corrected chi connectivity index (χ3v) is 5.28. The number of nitrogens with zero attached hydrogens (tertiary/aromatic N) is 1. The molecule has 1 aromatic heterocycles. The average molecular weight is 427 g/mol. The molecule has 0 aliphatic carbocycles. The van der Waals surface area contributed by atoms with Crippen LogP contribution in [0.2, 0.25) is 0 Å². The highest BCUT2D eigenvalue weighted by Gasteiger charge is 2.22. The summed E-state index contributed by atoms with van der Waals surface area (Å²) in [4.78, 5) is 27.6. The first kappa shape index (κ1) is 19.9. The largest absolute Gasteiger partial charge is 0.486 e. The monoisotopic (exact) mass is 427 g/mol. The van der Waals surface area contributed by atoms with Gasteiger partial charge in [-0.3, -0.25) is 4.79 Å². The average Bonchev–Trinajstić information content (AvgIpc) is 3.28. The molecule has 2 heterocycles. The standard InChI is InChI=1S/C22H18FNO5S/c23-16-4-1-3-15(11-16)22(26)29-14-21(25)24(13-18-5-2-10-30-18)17-6-7-19-20(12-17)28-9-8-27-19/h1-7,10-12H,8-9,13-14H2. The highest BCUT2D eigenvalue weighted by atomic mass is 32.1. The maximum absolute atomic E-state index is 13.3. The van der Waals surface area contributed by atoms with E-state index in [0.717, 1.165) is 10.9 Å². The minimum Gasteiger partial charge on any atom is -0.486 e. The number of thiophene rings is 1. The zero-order valence-corrected chi connectivity index (χ0v) is 16.7. The highest BCUT2D eigenvalue weighted by molar-refractivity contribution is 7.09. The number of hydrogen-bond donors (Lipinski definition) is 0. The second-order valence-corrected chi connectivity index (χ2v) is 7.51. The molecule has 1 amide bonds. The highest BCUT2D eigenvalue weighted by Crippen LogP contribution is 2.34. The van der Waals surface area contributed by atoms with Gasteiger partial charge in [-0.25, -0.2) is 9.18 Å². The number of rotatable bonds is 6. The van der Waals surface area contributed by atoms with E-state index >= 15 is 0 Å². The molecular formula is C22H18FNO5S. The molecule has 3 aromatic rings. The van der Waals surface area contributed by atoms with Gasteiger partial charge in [0.25, 0.3) is 5.91 Å². The predicted octanol–water partition coefficient (Wildman–Crippen LogP) is 4.05. The summed E-state index contributed by atoms with van der Waals surface area (Å²) < 4.78 is 29.6. The number of esters is 1. The van der Waals surface area contributed by atoms with Crippen molar-refractivity contribution in [3.8, 4) is 11.5 Å². The third-order valence-electron chi connectivity index (χ3n) is 4.42. The first-order valence-corrected chi connectivity index (χ1v) is 10.1.